The summed E-state index contributed by atoms with van der Waals surface area (Å²) in [6.07, 6.45) is 0.920. The van der Waals surface area contributed by atoms with Crippen molar-refractivity contribution in [2.24, 2.45) is 0 Å². The van der Waals surface area contributed by atoms with E-state index in [0.29, 0.717) is 6.42 Å². The van der Waals surface area contributed by atoms with Crippen molar-refractivity contribution in [2.75, 3.05) is 0 Å². The highest BCUT2D eigenvalue weighted by Crippen LogP contribution is 2.12. The molecule has 1 heterocycles. The van der Waals surface area contributed by atoms with Gasteiger partial charge >= 0.3 is 9.28 Å². The molecule has 0 aliphatic carbocycles. The predicted molar refractivity (Wildman–Crippen MR) is 30.5 cm³/mol. The molecule has 3 nitrogen and oxygen atoms in total. The van der Waals surface area contributed by atoms with Gasteiger partial charge in [0, 0.05) is 0 Å². The van der Waals surface area contributed by atoms with Crippen LogP contribution in [0.4, 0.5) is 0 Å². The molecule has 1 saturated heterocycles. The molecule has 1 rings (SSSR count). The van der Waals surface area contributed by atoms with Crippen LogP contribution in [0.25, 0.3) is 0 Å². The monoisotopic (exact) mass is 134 g/mol. The Kier molecular flexibility index (Phi) is 2.01. The van der Waals surface area contributed by atoms with Gasteiger partial charge in [-0.1, -0.05) is 0 Å². The van der Waals surface area contributed by atoms with Gasteiger partial charge in [-0.3, -0.25) is 0 Å². The smallest absolute Gasteiger partial charge is 0.320 e. The molecule has 1 fully saturated rings. The van der Waals surface area contributed by atoms with Gasteiger partial charge in [0.15, 0.2) is 0 Å². The van der Waals surface area contributed by atoms with Crippen LogP contribution >= 0.6 is 0 Å². The van der Waals surface area contributed by atoms with Crippen LogP contribution in [0.2, 0.25) is 6.04 Å². The molecule has 0 radical (unpaired) electrons. The Bertz CT molecular complexity index is 69.7. The van der Waals surface area contributed by atoms with Crippen molar-refractivity contribution in [2.45, 2.75) is 25.2 Å². The van der Waals surface area contributed by atoms with E-state index in [0.717, 1.165) is 12.5 Å². The first kappa shape index (κ1) is 6.22. The van der Waals surface area contributed by atoms with Gasteiger partial charge in [-0.05, 0) is 18.9 Å². The van der Waals surface area contributed by atoms with Gasteiger partial charge in [-0.25, -0.2) is 0 Å². The highest BCUT2D eigenvalue weighted by Gasteiger charge is 2.19. The van der Waals surface area contributed by atoms with E-state index in [4.69, 9.17) is 14.3 Å². The maximum absolute atomic E-state index is 8.84. The van der Waals surface area contributed by atoms with E-state index in [2.05, 4.69) is 0 Å². The van der Waals surface area contributed by atoms with E-state index < -0.39 is 15.6 Å². The molecule has 0 aromatic carbocycles. The molecular formula is C4H10O3Si. The van der Waals surface area contributed by atoms with Crippen LogP contribution in [0.5, 0.6) is 0 Å². The van der Waals surface area contributed by atoms with Crippen LogP contribution in [-0.2, 0) is 4.43 Å². The molecule has 0 saturated carbocycles. The first-order valence-electron chi connectivity index (χ1n) is 2.80. The Morgan fingerprint density at radius 1 is 1.62 bits per heavy atom. The largest absolute Gasteiger partial charge is 0.413 e. The van der Waals surface area contributed by atoms with Crippen LogP contribution < -0.4 is 0 Å². The maximum Gasteiger partial charge on any atom is 0.320 e. The van der Waals surface area contributed by atoms with E-state index in [1.165, 1.54) is 0 Å². The molecule has 1 aliphatic heterocycles. The fraction of sp³-hybridized carbons (Fsp3) is 1.00. The van der Waals surface area contributed by atoms with Crippen LogP contribution in [0, 0.1) is 0 Å². The van der Waals surface area contributed by atoms with Crippen molar-refractivity contribution in [3.8, 4) is 0 Å². The number of aliphatic hydroxyl groups excluding tert-OH is 1. The van der Waals surface area contributed by atoms with Gasteiger partial charge in [0.1, 0.15) is 6.29 Å². The van der Waals surface area contributed by atoms with E-state index in [1.807, 2.05) is 0 Å². The van der Waals surface area contributed by atoms with Crippen molar-refractivity contribution in [1.82, 2.24) is 0 Å². The summed E-state index contributed by atoms with van der Waals surface area (Å²) >= 11 is 0. The maximum atomic E-state index is 8.84. The molecule has 0 spiro atoms. The standard InChI is InChI=1S/C4H10O3Si/c5-4-2-1-3-8(6)7-4/h4-6,8H,1-3H2. The lowest BCUT2D eigenvalue weighted by molar-refractivity contribution is -0.0481. The summed E-state index contributed by atoms with van der Waals surface area (Å²) in [5, 5.41) is 8.73. The van der Waals surface area contributed by atoms with Gasteiger partial charge in [-0.2, -0.15) is 0 Å². The molecule has 1 aliphatic rings. The average molecular weight is 134 g/mol. The van der Waals surface area contributed by atoms with Gasteiger partial charge in [-0.15, -0.1) is 0 Å². The van der Waals surface area contributed by atoms with Crippen molar-refractivity contribution in [3.63, 3.8) is 0 Å². The van der Waals surface area contributed by atoms with Crippen LogP contribution in [-0.4, -0.2) is 25.5 Å². The number of rotatable bonds is 0. The topological polar surface area (TPSA) is 49.7 Å². The highest BCUT2D eigenvalue weighted by molar-refractivity contribution is 6.42. The molecular weight excluding hydrogens is 124 g/mol. The number of aliphatic hydroxyl groups is 1. The first-order chi connectivity index (χ1) is 3.79. The molecule has 48 valence electrons. The third-order valence-electron chi connectivity index (χ3n) is 1.22. The SMILES string of the molecule is OC1CCC[SiH](O)O1. The van der Waals surface area contributed by atoms with Crippen LogP contribution in [0.1, 0.15) is 12.8 Å². The van der Waals surface area contributed by atoms with E-state index in [-0.39, 0.29) is 0 Å². The Morgan fingerprint density at radius 2 is 2.38 bits per heavy atom. The van der Waals surface area contributed by atoms with Gasteiger partial charge in [0.2, 0.25) is 0 Å². The number of hydrogen-bond donors (Lipinski definition) is 2. The summed E-state index contributed by atoms with van der Waals surface area (Å²) in [5.74, 6) is 0. The van der Waals surface area contributed by atoms with Crippen molar-refractivity contribution >= 4 is 9.28 Å². The Labute approximate surface area is 49.8 Å². The molecule has 2 N–H and O–H groups in total. The van der Waals surface area contributed by atoms with Crippen LogP contribution in [0.3, 0.4) is 0 Å². The lowest BCUT2D eigenvalue weighted by Crippen LogP contribution is -2.30. The van der Waals surface area contributed by atoms with Gasteiger partial charge < -0.3 is 14.3 Å². The zero-order chi connectivity index (χ0) is 5.98. The second-order valence-corrected chi connectivity index (χ2v) is 3.74. The van der Waals surface area contributed by atoms with Gasteiger partial charge in [0.25, 0.3) is 0 Å². The fourth-order valence-corrected chi connectivity index (χ4v) is 2.00. The summed E-state index contributed by atoms with van der Waals surface area (Å²) in [7, 11) is -1.90. The Morgan fingerprint density at radius 3 is 2.75 bits per heavy atom. The lowest BCUT2D eigenvalue weighted by Gasteiger charge is -2.20. The first-order valence-corrected chi connectivity index (χ1v) is 4.61. The van der Waals surface area contributed by atoms with Crippen molar-refractivity contribution in [1.29, 1.82) is 0 Å². The molecule has 0 aromatic heterocycles. The fourth-order valence-electron chi connectivity index (χ4n) is 0.784. The second-order valence-electron chi connectivity index (χ2n) is 1.98. The average Bonchev–Trinajstić information content (AvgIpc) is 1.64. The minimum atomic E-state index is -1.90. The summed E-state index contributed by atoms with van der Waals surface area (Å²) in [5.41, 5.74) is 0. The predicted octanol–water partition coefficient (Wildman–Crippen LogP) is -0.672. The Balaban J connectivity index is 2.23. The summed E-state index contributed by atoms with van der Waals surface area (Å²) < 4.78 is 4.74. The molecule has 0 amide bonds. The molecule has 2 atom stereocenters. The highest BCUT2D eigenvalue weighted by atomic mass is 28.3. The quantitative estimate of drug-likeness (QED) is 0.432. The van der Waals surface area contributed by atoms with E-state index >= 15 is 0 Å². The normalized spacial score (nSPS) is 39.8. The zero-order valence-electron chi connectivity index (χ0n) is 4.58. The third kappa shape index (κ3) is 1.55. The lowest BCUT2D eigenvalue weighted by atomic mass is 10.3. The zero-order valence-corrected chi connectivity index (χ0v) is 5.73. The summed E-state index contributed by atoms with van der Waals surface area (Å²) in [6, 6.07) is 0.789. The molecule has 4 heteroatoms. The summed E-state index contributed by atoms with van der Waals surface area (Å²) in [4.78, 5) is 8.84. The molecule has 0 aromatic rings. The molecule has 2 unspecified atom stereocenters. The van der Waals surface area contributed by atoms with Crippen LogP contribution in [0.15, 0.2) is 0 Å². The molecule has 8 heavy (non-hydrogen) atoms. The van der Waals surface area contributed by atoms with E-state index in [9.17, 15) is 0 Å². The third-order valence-corrected chi connectivity index (χ3v) is 2.75. The number of hydrogen-bond acceptors (Lipinski definition) is 3. The van der Waals surface area contributed by atoms with Crippen molar-refractivity contribution < 1.29 is 14.3 Å². The summed E-state index contributed by atoms with van der Waals surface area (Å²) in [6.45, 7) is 0. The molecule has 0 bridgehead atoms. The minimum absolute atomic E-state index is 0.676. The second kappa shape index (κ2) is 2.59. The van der Waals surface area contributed by atoms with Gasteiger partial charge in [0.05, 0.1) is 0 Å². The van der Waals surface area contributed by atoms with E-state index in [1.54, 1.807) is 0 Å². The Hall–Kier alpha value is 0.0969. The van der Waals surface area contributed by atoms with Crippen molar-refractivity contribution in [3.05, 3.63) is 0 Å². The minimum Gasteiger partial charge on any atom is -0.413 e.